The molecule has 2 nitrogen and oxygen atoms in total. The second-order valence-electron chi connectivity index (χ2n) is 6.38. The van der Waals surface area contributed by atoms with E-state index in [2.05, 4.69) is 55.5 Å². The van der Waals surface area contributed by atoms with E-state index < -0.39 is 0 Å². The Labute approximate surface area is 161 Å². The minimum absolute atomic E-state index is 0.284. The van der Waals surface area contributed by atoms with Crippen LogP contribution in [0, 0.1) is 6.92 Å². The molecular weight excluding hydrogens is 332 g/mol. The monoisotopic (exact) mass is 356 g/mol. The quantitative estimate of drug-likeness (QED) is 0.515. The van der Waals surface area contributed by atoms with Gasteiger partial charge in [0.1, 0.15) is 11.5 Å². The summed E-state index contributed by atoms with van der Waals surface area (Å²) in [4.78, 5) is 0. The third-order valence-electron chi connectivity index (χ3n) is 4.30. The summed E-state index contributed by atoms with van der Waals surface area (Å²) in [5.41, 5.74) is 5.79. The summed E-state index contributed by atoms with van der Waals surface area (Å²) in [6.45, 7) is 4.79. The standard InChI is InChI=1S/C25H24O2/c1-3-27-25-16-10-21(11-17-25)6-12-23-13-7-22(18-19(23)2)5-4-20-8-14-24(26)15-9-20/h4-18,26H,3H2,1-2H3/b5-4+,12-6+. The maximum atomic E-state index is 9.34. The molecule has 0 unspecified atom stereocenters. The molecule has 27 heavy (non-hydrogen) atoms. The lowest BCUT2D eigenvalue weighted by Gasteiger charge is -2.04. The molecule has 0 atom stereocenters. The Bertz CT molecular complexity index is 933. The largest absolute Gasteiger partial charge is 0.508 e. The molecule has 0 saturated heterocycles. The normalized spacial score (nSPS) is 11.3. The fraction of sp³-hybridized carbons (Fsp3) is 0.120. The number of aromatic hydroxyl groups is 1. The van der Waals surface area contributed by atoms with E-state index in [1.807, 2.05) is 37.3 Å². The van der Waals surface area contributed by atoms with E-state index >= 15 is 0 Å². The Morgan fingerprint density at radius 2 is 1.30 bits per heavy atom. The lowest BCUT2D eigenvalue weighted by atomic mass is 10.0. The van der Waals surface area contributed by atoms with Gasteiger partial charge in [-0.05, 0) is 65.9 Å². The predicted molar refractivity (Wildman–Crippen MR) is 115 cm³/mol. The Balaban J connectivity index is 1.69. The SMILES string of the molecule is CCOc1ccc(/C=C/c2ccc(/C=C/c3ccc(O)cc3)cc2C)cc1. The number of aryl methyl sites for hydroxylation is 1. The summed E-state index contributed by atoms with van der Waals surface area (Å²) < 4.78 is 5.47. The van der Waals surface area contributed by atoms with Gasteiger partial charge in [0.05, 0.1) is 6.61 Å². The van der Waals surface area contributed by atoms with Gasteiger partial charge in [0.2, 0.25) is 0 Å². The molecule has 0 amide bonds. The van der Waals surface area contributed by atoms with Gasteiger partial charge in [-0.15, -0.1) is 0 Å². The van der Waals surface area contributed by atoms with Crippen LogP contribution < -0.4 is 4.74 Å². The second kappa shape index (κ2) is 8.91. The van der Waals surface area contributed by atoms with Crippen LogP contribution in [-0.2, 0) is 0 Å². The minimum atomic E-state index is 0.284. The fourth-order valence-corrected chi connectivity index (χ4v) is 2.80. The molecule has 0 bridgehead atoms. The molecule has 3 rings (SSSR count). The van der Waals surface area contributed by atoms with E-state index in [9.17, 15) is 5.11 Å². The van der Waals surface area contributed by atoms with E-state index in [4.69, 9.17) is 4.74 Å². The van der Waals surface area contributed by atoms with Gasteiger partial charge in [-0.3, -0.25) is 0 Å². The van der Waals surface area contributed by atoms with Crippen molar-refractivity contribution >= 4 is 24.3 Å². The molecule has 0 aliphatic heterocycles. The minimum Gasteiger partial charge on any atom is -0.508 e. The van der Waals surface area contributed by atoms with Gasteiger partial charge in [0, 0.05) is 0 Å². The maximum Gasteiger partial charge on any atom is 0.119 e. The zero-order valence-corrected chi connectivity index (χ0v) is 15.7. The first-order valence-corrected chi connectivity index (χ1v) is 9.13. The number of hydrogen-bond donors (Lipinski definition) is 1. The number of hydrogen-bond acceptors (Lipinski definition) is 2. The second-order valence-corrected chi connectivity index (χ2v) is 6.38. The molecule has 3 aromatic rings. The van der Waals surface area contributed by atoms with Gasteiger partial charge < -0.3 is 9.84 Å². The maximum absolute atomic E-state index is 9.34. The van der Waals surface area contributed by atoms with Crippen molar-refractivity contribution in [3.05, 3.63) is 94.5 Å². The Hall–Kier alpha value is -3.26. The lowest BCUT2D eigenvalue weighted by Crippen LogP contribution is -1.90. The zero-order chi connectivity index (χ0) is 19.1. The molecule has 0 heterocycles. The molecule has 3 aromatic carbocycles. The van der Waals surface area contributed by atoms with Gasteiger partial charge >= 0.3 is 0 Å². The number of phenols is 1. The van der Waals surface area contributed by atoms with Crippen LogP contribution in [0.15, 0.2) is 66.7 Å². The van der Waals surface area contributed by atoms with E-state index in [-0.39, 0.29) is 5.75 Å². The van der Waals surface area contributed by atoms with Crippen LogP contribution in [-0.4, -0.2) is 11.7 Å². The van der Waals surface area contributed by atoms with Crippen molar-refractivity contribution in [3.8, 4) is 11.5 Å². The molecule has 2 heteroatoms. The van der Waals surface area contributed by atoms with Crippen molar-refractivity contribution in [3.63, 3.8) is 0 Å². The van der Waals surface area contributed by atoms with Gasteiger partial charge in [-0.2, -0.15) is 0 Å². The number of ether oxygens (including phenoxy) is 1. The summed E-state index contributed by atoms with van der Waals surface area (Å²) in [7, 11) is 0. The first kappa shape index (κ1) is 18.5. The average molecular weight is 356 g/mol. The van der Waals surface area contributed by atoms with Crippen LogP contribution in [0.2, 0.25) is 0 Å². The van der Waals surface area contributed by atoms with Gasteiger partial charge in [-0.1, -0.05) is 66.8 Å². The van der Waals surface area contributed by atoms with Gasteiger partial charge in [0.25, 0.3) is 0 Å². The third-order valence-corrected chi connectivity index (χ3v) is 4.30. The van der Waals surface area contributed by atoms with Crippen molar-refractivity contribution < 1.29 is 9.84 Å². The molecule has 0 aliphatic rings. The Kier molecular flexibility index (Phi) is 6.11. The molecule has 0 aliphatic carbocycles. The molecule has 0 radical (unpaired) electrons. The predicted octanol–water partition coefficient (Wildman–Crippen LogP) is 6.44. The molecule has 0 aromatic heterocycles. The van der Waals surface area contributed by atoms with E-state index in [1.54, 1.807) is 12.1 Å². The molecule has 0 fully saturated rings. The molecule has 0 saturated carbocycles. The van der Waals surface area contributed by atoms with Gasteiger partial charge in [-0.25, -0.2) is 0 Å². The van der Waals surface area contributed by atoms with E-state index in [0.717, 1.165) is 22.4 Å². The molecular formula is C25H24O2. The van der Waals surface area contributed by atoms with E-state index in [0.29, 0.717) is 6.61 Å². The number of benzene rings is 3. The van der Waals surface area contributed by atoms with Crippen LogP contribution in [0.3, 0.4) is 0 Å². The van der Waals surface area contributed by atoms with Gasteiger partial charge in [0.15, 0.2) is 0 Å². The van der Waals surface area contributed by atoms with E-state index in [1.165, 1.54) is 11.1 Å². The third kappa shape index (κ3) is 5.35. The lowest BCUT2D eigenvalue weighted by molar-refractivity contribution is 0.340. The highest BCUT2D eigenvalue weighted by atomic mass is 16.5. The molecule has 0 spiro atoms. The average Bonchev–Trinajstić information content (AvgIpc) is 2.68. The van der Waals surface area contributed by atoms with Crippen molar-refractivity contribution in [2.45, 2.75) is 13.8 Å². The topological polar surface area (TPSA) is 29.5 Å². The first-order valence-electron chi connectivity index (χ1n) is 9.13. The van der Waals surface area contributed by atoms with Crippen LogP contribution in [0.5, 0.6) is 11.5 Å². The highest BCUT2D eigenvalue weighted by molar-refractivity contribution is 5.74. The molecule has 136 valence electrons. The zero-order valence-electron chi connectivity index (χ0n) is 15.7. The summed E-state index contributed by atoms with van der Waals surface area (Å²) in [6.07, 6.45) is 8.38. The van der Waals surface area contributed by atoms with Crippen LogP contribution >= 0.6 is 0 Å². The smallest absolute Gasteiger partial charge is 0.119 e. The summed E-state index contributed by atoms with van der Waals surface area (Å²) in [5, 5.41) is 9.34. The summed E-state index contributed by atoms with van der Waals surface area (Å²) in [5.74, 6) is 1.18. The van der Waals surface area contributed by atoms with Crippen molar-refractivity contribution in [1.29, 1.82) is 0 Å². The number of rotatable bonds is 6. The highest BCUT2D eigenvalue weighted by Gasteiger charge is 1.97. The van der Waals surface area contributed by atoms with Crippen LogP contribution in [0.4, 0.5) is 0 Å². The molecule has 1 N–H and O–H groups in total. The van der Waals surface area contributed by atoms with Crippen LogP contribution in [0.25, 0.3) is 24.3 Å². The summed E-state index contributed by atoms with van der Waals surface area (Å²) >= 11 is 0. The fourth-order valence-electron chi connectivity index (χ4n) is 2.80. The summed E-state index contributed by atoms with van der Waals surface area (Å²) in [6, 6.07) is 21.7. The Morgan fingerprint density at radius 1 is 0.741 bits per heavy atom. The van der Waals surface area contributed by atoms with Crippen LogP contribution in [0.1, 0.15) is 34.7 Å². The first-order chi connectivity index (χ1) is 13.1. The number of phenolic OH excluding ortho intramolecular Hbond substituents is 1. The Morgan fingerprint density at radius 3 is 1.93 bits per heavy atom. The van der Waals surface area contributed by atoms with Crippen molar-refractivity contribution in [2.24, 2.45) is 0 Å². The van der Waals surface area contributed by atoms with Crippen molar-refractivity contribution in [1.82, 2.24) is 0 Å². The van der Waals surface area contributed by atoms with Crippen molar-refractivity contribution in [2.75, 3.05) is 6.61 Å². The highest BCUT2D eigenvalue weighted by Crippen LogP contribution is 2.19.